The van der Waals surface area contributed by atoms with E-state index in [1.807, 2.05) is 0 Å². The molecule has 0 unspecified atom stereocenters. The molecule has 4 amide bonds. The van der Waals surface area contributed by atoms with E-state index in [4.69, 9.17) is 16.3 Å². The van der Waals surface area contributed by atoms with Crippen molar-refractivity contribution in [1.29, 1.82) is 0 Å². The smallest absolute Gasteiger partial charge is 0.409 e. The van der Waals surface area contributed by atoms with E-state index in [2.05, 4.69) is 15.6 Å². The van der Waals surface area contributed by atoms with Gasteiger partial charge in [0.05, 0.1) is 12.3 Å². The van der Waals surface area contributed by atoms with Gasteiger partial charge in [0.1, 0.15) is 4.88 Å². The first-order valence-electron chi connectivity index (χ1n) is 9.39. The summed E-state index contributed by atoms with van der Waals surface area (Å²) in [6.45, 7) is 5.45. The molecule has 11 heteroatoms. The molecule has 2 heterocycles. The van der Waals surface area contributed by atoms with Gasteiger partial charge in [-0.05, 0) is 38.1 Å². The number of benzene rings is 1. The predicted molar refractivity (Wildman–Crippen MR) is 115 cm³/mol. The van der Waals surface area contributed by atoms with Crippen LogP contribution < -0.4 is 10.6 Å². The molecule has 9 nitrogen and oxygen atoms in total. The molecule has 0 radical (unpaired) electrons. The van der Waals surface area contributed by atoms with Crippen molar-refractivity contribution in [3.63, 3.8) is 0 Å². The number of carbonyl (C=O) groups is 3. The van der Waals surface area contributed by atoms with Crippen LogP contribution in [0.25, 0.3) is 0 Å². The zero-order chi connectivity index (χ0) is 21.7. The molecule has 160 valence electrons. The van der Waals surface area contributed by atoms with E-state index >= 15 is 0 Å². The second-order valence-electron chi connectivity index (χ2n) is 6.50. The fourth-order valence-corrected chi connectivity index (χ4v) is 3.95. The van der Waals surface area contributed by atoms with Crippen LogP contribution in [0.5, 0.6) is 0 Å². The van der Waals surface area contributed by atoms with Crippen molar-refractivity contribution >= 4 is 51.8 Å². The zero-order valence-electron chi connectivity index (χ0n) is 16.6. The molecule has 1 aliphatic rings. The Bertz CT molecular complexity index is 926. The molecule has 1 aromatic heterocycles. The number of carbonyl (C=O) groups excluding carboxylic acids is 3. The summed E-state index contributed by atoms with van der Waals surface area (Å²) in [6, 6.07) is 6.24. The minimum Gasteiger partial charge on any atom is -0.450 e. The van der Waals surface area contributed by atoms with Gasteiger partial charge in [-0.25, -0.2) is 14.6 Å². The topological polar surface area (TPSA) is 104 Å². The SMILES string of the molecule is CCOC(=O)N1CCN(C(=O)c2sc(NC(=O)Nc3ccc(Cl)cc3)nc2C)CC1. The van der Waals surface area contributed by atoms with E-state index in [0.29, 0.717) is 59.2 Å². The molecule has 0 spiro atoms. The molecule has 2 aromatic rings. The van der Waals surface area contributed by atoms with Crippen molar-refractivity contribution in [1.82, 2.24) is 14.8 Å². The summed E-state index contributed by atoms with van der Waals surface area (Å²) in [5.41, 5.74) is 1.13. The van der Waals surface area contributed by atoms with Crippen molar-refractivity contribution in [3.05, 3.63) is 39.9 Å². The average Bonchev–Trinajstić information content (AvgIpc) is 3.09. The third-order valence-corrected chi connectivity index (χ3v) is 5.72. The van der Waals surface area contributed by atoms with Crippen LogP contribution in [0, 0.1) is 6.92 Å². The Balaban J connectivity index is 1.57. The monoisotopic (exact) mass is 451 g/mol. The van der Waals surface area contributed by atoms with Gasteiger partial charge in [0.15, 0.2) is 5.13 Å². The normalized spacial score (nSPS) is 13.7. The fraction of sp³-hybridized carbons (Fsp3) is 0.368. The van der Waals surface area contributed by atoms with Crippen molar-refractivity contribution in [3.8, 4) is 0 Å². The molecule has 0 bridgehead atoms. The van der Waals surface area contributed by atoms with Crippen LogP contribution in [0.15, 0.2) is 24.3 Å². The van der Waals surface area contributed by atoms with Gasteiger partial charge >= 0.3 is 12.1 Å². The third-order valence-electron chi connectivity index (χ3n) is 4.41. The number of aryl methyl sites for hydroxylation is 1. The fourth-order valence-electron chi connectivity index (χ4n) is 2.89. The van der Waals surface area contributed by atoms with Crippen LogP contribution in [0.3, 0.4) is 0 Å². The second-order valence-corrected chi connectivity index (χ2v) is 7.93. The number of halogens is 1. The van der Waals surface area contributed by atoms with E-state index in [0.717, 1.165) is 11.3 Å². The van der Waals surface area contributed by atoms with Crippen LogP contribution in [-0.4, -0.2) is 65.6 Å². The molecule has 3 rings (SSSR count). The molecule has 1 aliphatic heterocycles. The average molecular weight is 452 g/mol. The van der Waals surface area contributed by atoms with Crippen LogP contribution in [0.1, 0.15) is 22.3 Å². The predicted octanol–water partition coefficient (Wildman–Crippen LogP) is 3.66. The van der Waals surface area contributed by atoms with Crippen molar-refractivity contribution in [2.24, 2.45) is 0 Å². The number of thiazole rings is 1. The molecule has 1 fully saturated rings. The molecule has 0 atom stereocenters. The molecular weight excluding hydrogens is 430 g/mol. The van der Waals surface area contributed by atoms with Gasteiger partial charge < -0.3 is 19.9 Å². The van der Waals surface area contributed by atoms with Gasteiger partial charge in [-0.15, -0.1) is 0 Å². The van der Waals surface area contributed by atoms with E-state index in [9.17, 15) is 14.4 Å². The second kappa shape index (κ2) is 9.77. The third kappa shape index (κ3) is 5.39. The number of piperazine rings is 1. The van der Waals surface area contributed by atoms with Crippen LogP contribution in [-0.2, 0) is 4.74 Å². The van der Waals surface area contributed by atoms with Crippen molar-refractivity contribution < 1.29 is 19.1 Å². The van der Waals surface area contributed by atoms with Gasteiger partial charge in [-0.3, -0.25) is 10.1 Å². The Morgan fingerprint density at radius 1 is 1.10 bits per heavy atom. The lowest BCUT2D eigenvalue weighted by Gasteiger charge is -2.33. The minimum atomic E-state index is -0.465. The number of ether oxygens (including phenoxy) is 1. The Labute approximate surface area is 183 Å². The standard InChI is InChI=1S/C19H22ClN5O4S/c1-3-29-19(28)25-10-8-24(9-11-25)16(26)15-12(2)21-18(30-15)23-17(27)22-14-6-4-13(20)5-7-14/h4-7H,3,8-11H2,1-2H3,(H2,21,22,23,27). The lowest BCUT2D eigenvalue weighted by molar-refractivity contribution is 0.0573. The van der Waals surface area contributed by atoms with E-state index in [1.165, 1.54) is 0 Å². The number of aromatic nitrogens is 1. The zero-order valence-corrected chi connectivity index (χ0v) is 18.2. The summed E-state index contributed by atoms with van der Waals surface area (Å²) in [5.74, 6) is -0.167. The maximum atomic E-state index is 12.9. The summed E-state index contributed by atoms with van der Waals surface area (Å²) in [7, 11) is 0. The maximum Gasteiger partial charge on any atom is 0.409 e. The first kappa shape index (κ1) is 21.8. The van der Waals surface area contributed by atoms with Gasteiger partial charge in [-0.1, -0.05) is 22.9 Å². The largest absolute Gasteiger partial charge is 0.450 e. The lowest BCUT2D eigenvalue weighted by Crippen LogP contribution is -2.50. The summed E-state index contributed by atoms with van der Waals surface area (Å²) in [6.07, 6.45) is -0.364. The molecule has 2 N–H and O–H groups in total. The molecule has 1 aromatic carbocycles. The number of nitrogens with one attached hydrogen (secondary N) is 2. The maximum absolute atomic E-state index is 12.9. The Kier molecular flexibility index (Phi) is 7.11. The van der Waals surface area contributed by atoms with E-state index in [1.54, 1.807) is 47.9 Å². The van der Waals surface area contributed by atoms with Gasteiger partial charge in [-0.2, -0.15) is 0 Å². The van der Waals surface area contributed by atoms with E-state index < -0.39 is 6.03 Å². The summed E-state index contributed by atoms with van der Waals surface area (Å²) in [4.78, 5) is 44.8. The quantitative estimate of drug-likeness (QED) is 0.738. The number of anilines is 2. The number of amides is 4. The Morgan fingerprint density at radius 2 is 1.73 bits per heavy atom. The molecular formula is C19H22ClN5O4S. The van der Waals surface area contributed by atoms with Crippen LogP contribution >= 0.6 is 22.9 Å². The lowest BCUT2D eigenvalue weighted by atomic mass is 10.3. The summed E-state index contributed by atoms with van der Waals surface area (Å²) in [5, 5.41) is 6.22. The van der Waals surface area contributed by atoms with Gasteiger partial charge in [0.2, 0.25) is 0 Å². The minimum absolute atomic E-state index is 0.167. The van der Waals surface area contributed by atoms with Crippen molar-refractivity contribution in [2.75, 3.05) is 43.4 Å². The number of hydrogen-bond acceptors (Lipinski definition) is 6. The number of hydrogen-bond donors (Lipinski definition) is 2. The summed E-state index contributed by atoms with van der Waals surface area (Å²) < 4.78 is 4.99. The Hall–Kier alpha value is -2.85. The number of rotatable bonds is 4. The Morgan fingerprint density at radius 3 is 2.37 bits per heavy atom. The van der Waals surface area contributed by atoms with Crippen LogP contribution in [0.4, 0.5) is 20.4 Å². The molecule has 1 saturated heterocycles. The molecule has 0 saturated carbocycles. The highest BCUT2D eigenvalue weighted by Gasteiger charge is 2.28. The highest BCUT2D eigenvalue weighted by molar-refractivity contribution is 7.17. The first-order valence-corrected chi connectivity index (χ1v) is 10.6. The molecule has 30 heavy (non-hydrogen) atoms. The van der Waals surface area contributed by atoms with E-state index in [-0.39, 0.29) is 12.0 Å². The summed E-state index contributed by atoms with van der Waals surface area (Å²) >= 11 is 6.95. The highest BCUT2D eigenvalue weighted by atomic mass is 35.5. The first-order chi connectivity index (χ1) is 14.4. The number of nitrogens with zero attached hydrogens (tertiary/aromatic N) is 3. The highest BCUT2D eigenvalue weighted by Crippen LogP contribution is 2.25. The van der Waals surface area contributed by atoms with Crippen LogP contribution in [0.2, 0.25) is 5.02 Å². The molecule has 0 aliphatic carbocycles. The van der Waals surface area contributed by atoms with Gasteiger partial charge in [0.25, 0.3) is 5.91 Å². The van der Waals surface area contributed by atoms with Gasteiger partial charge in [0, 0.05) is 36.9 Å². The number of urea groups is 1. The van der Waals surface area contributed by atoms with Crippen molar-refractivity contribution in [2.45, 2.75) is 13.8 Å².